The zero-order valence-electron chi connectivity index (χ0n) is 26.1. The summed E-state index contributed by atoms with van der Waals surface area (Å²) in [6.07, 6.45) is 0.592. The van der Waals surface area contributed by atoms with Gasteiger partial charge in [-0.25, -0.2) is 8.78 Å². The molecule has 50 heavy (non-hydrogen) atoms. The van der Waals surface area contributed by atoms with Gasteiger partial charge in [0.15, 0.2) is 0 Å². The molecule has 2 saturated heterocycles. The van der Waals surface area contributed by atoms with E-state index in [4.69, 9.17) is 0 Å². The highest BCUT2D eigenvalue weighted by Gasteiger charge is 2.42. The third-order valence-electron chi connectivity index (χ3n) is 7.89. The van der Waals surface area contributed by atoms with Crippen LogP contribution in [0.25, 0.3) is 0 Å². The minimum Gasteiger partial charge on any atom is -0.325 e. The van der Waals surface area contributed by atoms with Crippen molar-refractivity contribution in [2.45, 2.75) is 37.0 Å². The maximum absolute atomic E-state index is 13.3. The minimum atomic E-state index is -3.78. The Morgan fingerprint density at radius 3 is 1.42 bits per heavy atom. The largest absolute Gasteiger partial charge is 0.325 e. The summed E-state index contributed by atoms with van der Waals surface area (Å²) >= 11 is 8.97. The fourth-order valence-corrected chi connectivity index (χ4v) is 10.2. The molecule has 4 N–H and O–H groups in total. The van der Waals surface area contributed by atoms with Crippen LogP contribution in [0, 0.1) is 11.6 Å². The summed E-state index contributed by atoms with van der Waals surface area (Å²) in [5.41, 5.74) is 0.769. The summed E-state index contributed by atoms with van der Waals surface area (Å²) in [5.74, 6) is -1.82. The van der Waals surface area contributed by atoms with E-state index in [0.29, 0.717) is 24.2 Å². The molecule has 4 heterocycles. The van der Waals surface area contributed by atoms with Crippen molar-refractivity contribution in [3.8, 4) is 0 Å². The van der Waals surface area contributed by atoms with E-state index in [1.807, 2.05) is 35.0 Å². The Balaban J connectivity index is 0.000000194. The van der Waals surface area contributed by atoms with Crippen LogP contribution < -0.4 is 20.1 Å². The van der Waals surface area contributed by atoms with Gasteiger partial charge < -0.3 is 10.6 Å². The fraction of sp³-hybridized carbons (Fsp3) is 0.267. The van der Waals surface area contributed by atoms with Gasteiger partial charge in [0, 0.05) is 35.2 Å². The van der Waals surface area contributed by atoms with Crippen LogP contribution in [0.1, 0.15) is 34.7 Å². The Morgan fingerprint density at radius 2 is 1.10 bits per heavy atom. The number of amides is 2. The highest BCUT2D eigenvalue weighted by atomic mass is 79.9. The van der Waals surface area contributed by atoms with Crippen molar-refractivity contribution < 1.29 is 35.2 Å². The van der Waals surface area contributed by atoms with Gasteiger partial charge in [-0.3, -0.25) is 9.59 Å². The lowest BCUT2D eigenvalue weighted by atomic mass is 10.1. The highest BCUT2D eigenvalue weighted by Crippen LogP contribution is 2.33. The number of carbonyl (C=O) groups excluding carboxylic acids is 2. The standard InChI is InChI=1S/2C15H15BrFN3O3S2/c2*1-20-13(15(21)18-9-4-5-11(17)10(16)7-9)8-12(19-25(20,22)23)14-3-2-6-24-14/h2*2-7,12-13,19H,8H2,1H3,(H,18,21)/t12-,13+;/m1./s1. The number of rotatable bonds is 6. The molecule has 268 valence electrons. The summed E-state index contributed by atoms with van der Waals surface area (Å²) in [4.78, 5) is 26.9. The second kappa shape index (κ2) is 15.9. The molecule has 2 aliphatic rings. The van der Waals surface area contributed by atoms with Crippen molar-refractivity contribution in [1.82, 2.24) is 18.1 Å². The first-order chi connectivity index (χ1) is 23.6. The first kappa shape index (κ1) is 38.6. The first-order valence-corrected chi connectivity index (χ1v) is 20.9. The Kier molecular flexibility index (Phi) is 12.3. The van der Waals surface area contributed by atoms with E-state index in [0.717, 1.165) is 18.4 Å². The normalized spacial score (nSPS) is 23.3. The molecule has 2 amide bonds. The molecule has 12 nitrogen and oxygen atoms in total. The van der Waals surface area contributed by atoms with Crippen molar-refractivity contribution in [3.05, 3.63) is 102 Å². The number of nitrogens with zero attached hydrogens (tertiary/aromatic N) is 2. The number of nitrogens with one attached hydrogen (secondary N) is 4. The maximum Gasteiger partial charge on any atom is 0.280 e. The number of anilines is 2. The Morgan fingerprint density at radius 1 is 0.720 bits per heavy atom. The average Bonchev–Trinajstić information content (AvgIpc) is 3.79. The smallest absolute Gasteiger partial charge is 0.280 e. The number of hydrogen-bond donors (Lipinski definition) is 4. The summed E-state index contributed by atoms with van der Waals surface area (Å²) in [6.45, 7) is 0. The van der Waals surface area contributed by atoms with Gasteiger partial charge in [0.25, 0.3) is 20.4 Å². The van der Waals surface area contributed by atoms with Crippen LogP contribution in [0.3, 0.4) is 0 Å². The van der Waals surface area contributed by atoms with E-state index < -0.39 is 68.0 Å². The number of carbonyl (C=O) groups is 2. The van der Waals surface area contributed by atoms with Crippen LogP contribution in [0.5, 0.6) is 0 Å². The van der Waals surface area contributed by atoms with E-state index in [-0.39, 0.29) is 8.95 Å². The third kappa shape index (κ3) is 9.03. The highest BCUT2D eigenvalue weighted by molar-refractivity contribution is 9.10. The van der Waals surface area contributed by atoms with Gasteiger partial charge in [-0.1, -0.05) is 12.1 Å². The van der Waals surface area contributed by atoms with Crippen LogP contribution in [0.15, 0.2) is 80.4 Å². The Bertz CT molecular complexity index is 1930. The molecule has 2 aromatic heterocycles. The molecule has 4 aromatic rings. The third-order valence-corrected chi connectivity index (χ3v) is 14.3. The molecule has 0 aliphatic carbocycles. The van der Waals surface area contributed by atoms with Gasteiger partial charge in [-0.2, -0.15) is 34.9 Å². The number of likely N-dealkylation sites (N-methyl/N-ethyl adjacent to an activating group) is 2. The number of benzene rings is 2. The molecule has 2 aromatic carbocycles. The van der Waals surface area contributed by atoms with Crippen LogP contribution in [-0.2, 0) is 30.0 Å². The average molecular weight is 897 g/mol. The molecule has 20 heteroatoms. The summed E-state index contributed by atoms with van der Waals surface area (Å²) in [6, 6.07) is 12.8. The second-order valence-corrected chi connectivity index (χ2v) is 18.3. The van der Waals surface area contributed by atoms with E-state index in [1.165, 1.54) is 73.2 Å². The van der Waals surface area contributed by atoms with Crippen molar-refractivity contribution >= 4 is 98.1 Å². The fourth-order valence-electron chi connectivity index (χ4n) is 5.17. The lowest BCUT2D eigenvalue weighted by molar-refractivity contribution is -0.120. The van der Waals surface area contributed by atoms with Crippen molar-refractivity contribution in [3.63, 3.8) is 0 Å². The van der Waals surface area contributed by atoms with Crippen LogP contribution >= 0.6 is 54.5 Å². The van der Waals surface area contributed by atoms with E-state index in [9.17, 15) is 35.2 Å². The molecule has 2 unspecified atom stereocenters. The number of thiophene rings is 2. The van der Waals surface area contributed by atoms with Crippen molar-refractivity contribution in [1.29, 1.82) is 0 Å². The molecule has 0 saturated carbocycles. The molecule has 6 rings (SSSR count). The predicted octanol–water partition coefficient (Wildman–Crippen LogP) is 5.74. The van der Waals surface area contributed by atoms with Crippen LogP contribution in [-0.4, -0.2) is 63.4 Å². The molecule has 0 spiro atoms. The maximum atomic E-state index is 13.3. The van der Waals surface area contributed by atoms with Gasteiger partial charge in [-0.05, 0) is 104 Å². The van der Waals surface area contributed by atoms with Gasteiger partial charge in [-0.15, -0.1) is 22.7 Å². The van der Waals surface area contributed by atoms with Gasteiger partial charge in [0.1, 0.15) is 23.7 Å². The van der Waals surface area contributed by atoms with Gasteiger partial charge >= 0.3 is 0 Å². The van der Waals surface area contributed by atoms with Crippen LogP contribution in [0.4, 0.5) is 20.2 Å². The lowest BCUT2D eigenvalue weighted by Gasteiger charge is -2.35. The van der Waals surface area contributed by atoms with E-state index in [2.05, 4.69) is 51.9 Å². The lowest BCUT2D eigenvalue weighted by Crippen LogP contribution is -2.55. The Labute approximate surface area is 312 Å². The van der Waals surface area contributed by atoms with E-state index >= 15 is 0 Å². The van der Waals surface area contributed by atoms with E-state index in [1.54, 1.807) is 0 Å². The summed E-state index contributed by atoms with van der Waals surface area (Å²) < 4.78 is 83.6. The molecule has 2 fully saturated rings. The summed E-state index contributed by atoms with van der Waals surface area (Å²) in [5, 5.41) is 9.00. The molecular formula is C30H30Br2F2N6O6S4. The molecular weight excluding hydrogens is 866 g/mol. The van der Waals surface area contributed by atoms with Crippen molar-refractivity contribution in [2.24, 2.45) is 0 Å². The Hall–Kier alpha value is -2.66. The number of halogens is 4. The zero-order chi connectivity index (χ0) is 36.4. The van der Waals surface area contributed by atoms with Crippen LogP contribution in [0.2, 0.25) is 0 Å². The molecule has 4 atom stereocenters. The minimum absolute atomic E-state index is 0.216. The number of hydrogen-bond acceptors (Lipinski definition) is 8. The monoisotopic (exact) mass is 894 g/mol. The summed E-state index contributed by atoms with van der Waals surface area (Å²) in [7, 11) is -4.84. The van der Waals surface area contributed by atoms with Gasteiger partial charge in [0.05, 0.1) is 21.0 Å². The predicted molar refractivity (Wildman–Crippen MR) is 196 cm³/mol. The molecule has 2 aliphatic heterocycles. The zero-order valence-corrected chi connectivity index (χ0v) is 32.6. The topological polar surface area (TPSA) is 157 Å². The molecule has 0 bridgehead atoms. The van der Waals surface area contributed by atoms with Gasteiger partial charge in [0.2, 0.25) is 11.8 Å². The second-order valence-electron chi connectivity index (χ2n) is 11.2. The quantitative estimate of drug-likeness (QED) is 0.194. The van der Waals surface area contributed by atoms with Crippen molar-refractivity contribution in [2.75, 3.05) is 24.7 Å². The SMILES string of the molecule is CN1C(C(=O)Nc2ccc(F)c(Br)c2)CC(c2cccs2)NS1(=O)=O.CN1[C@H](C(=O)Nc2ccc(F)c(Br)c2)C[C@H](c2cccs2)NS1(=O)=O. The first-order valence-electron chi connectivity index (χ1n) is 14.6. The molecule has 0 radical (unpaired) electrons.